The molecule has 2 heteroatoms. The fourth-order valence-electron chi connectivity index (χ4n) is 1.79. The summed E-state index contributed by atoms with van der Waals surface area (Å²) in [5.74, 6) is 0.671. The molecule has 2 nitrogen and oxygen atoms in total. The highest BCUT2D eigenvalue weighted by Crippen LogP contribution is 2.30. The van der Waals surface area contributed by atoms with E-state index in [-0.39, 0.29) is 11.8 Å². The minimum absolute atomic E-state index is 0.0312. The summed E-state index contributed by atoms with van der Waals surface area (Å²) in [6, 6.07) is 0. The van der Waals surface area contributed by atoms with Crippen molar-refractivity contribution in [3.05, 3.63) is 23.4 Å². The molecule has 0 spiro atoms. The Hall–Kier alpha value is -1.05. The van der Waals surface area contributed by atoms with E-state index in [0.717, 1.165) is 16.8 Å². The van der Waals surface area contributed by atoms with Crippen LogP contribution in [0.2, 0.25) is 0 Å². The molecule has 72 valence electrons. The summed E-state index contributed by atoms with van der Waals surface area (Å²) < 4.78 is 0. The van der Waals surface area contributed by atoms with Crippen LogP contribution in [0.5, 0.6) is 0 Å². The largest absolute Gasteiger partial charge is 0.323 e. The van der Waals surface area contributed by atoms with Crippen molar-refractivity contribution in [1.82, 2.24) is 5.32 Å². The number of hydrogen-bond acceptors (Lipinski definition) is 1. The Morgan fingerprint density at radius 3 is 1.85 bits per heavy atom. The van der Waals surface area contributed by atoms with Crippen molar-refractivity contribution in [1.29, 1.82) is 0 Å². The molecule has 0 atom stereocenters. The van der Waals surface area contributed by atoms with Crippen LogP contribution in [0.25, 0.3) is 0 Å². The van der Waals surface area contributed by atoms with Gasteiger partial charge in [0.25, 0.3) is 5.91 Å². The summed E-state index contributed by atoms with van der Waals surface area (Å²) in [5, 5.41) is 2.77. The van der Waals surface area contributed by atoms with Gasteiger partial charge in [-0.05, 0) is 17.4 Å². The van der Waals surface area contributed by atoms with Gasteiger partial charge in [-0.3, -0.25) is 4.79 Å². The zero-order chi connectivity index (χ0) is 10.2. The molecule has 0 aromatic rings. The van der Waals surface area contributed by atoms with Crippen LogP contribution in [-0.2, 0) is 4.79 Å². The van der Waals surface area contributed by atoms with Crippen molar-refractivity contribution < 1.29 is 4.79 Å². The number of carbonyl (C=O) groups is 1. The van der Waals surface area contributed by atoms with Crippen LogP contribution < -0.4 is 5.32 Å². The van der Waals surface area contributed by atoms with E-state index in [4.69, 9.17) is 0 Å². The van der Waals surface area contributed by atoms with Crippen LogP contribution in [0.15, 0.2) is 23.4 Å². The third kappa shape index (κ3) is 1.67. The predicted molar refractivity (Wildman–Crippen MR) is 54.0 cm³/mol. The van der Waals surface area contributed by atoms with E-state index in [9.17, 15) is 4.79 Å². The summed E-state index contributed by atoms with van der Waals surface area (Å²) in [7, 11) is 0. The molecule has 0 aliphatic carbocycles. The van der Waals surface area contributed by atoms with E-state index >= 15 is 0 Å². The molecule has 0 radical (unpaired) electrons. The number of hydrogen-bond donors (Lipinski definition) is 1. The van der Waals surface area contributed by atoms with E-state index in [2.05, 4.69) is 25.7 Å². The molecule has 0 aromatic carbocycles. The smallest absolute Gasteiger partial charge is 0.252 e. The maximum atomic E-state index is 11.5. The number of allylic oxidation sites excluding steroid dienone is 1. The van der Waals surface area contributed by atoms with Gasteiger partial charge in [0, 0.05) is 11.3 Å². The number of rotatable bonds is 2. The molecule has 1 N–H and O–H groups in total. The molecule has 0 saturated carbocycles. The van der Waals surface area contributed by atoms with Gasteiger partial charge in [-0.15, -0.1) is 0 Å². The monoisotopic (exact) mass is 179 g/mol. The van der Waals surface area contributed by atoms with Crippen molar-refractivity contribution >= 4 is 5.91 Å². The van der Waals surface area contributed by atoms with Crippen LogP contribution in [0.3, 0.4) is 0 Å². The zero-order valence-electron chi connectivity index (χ0n) is 8.77. The minimum Gasteiger partial charge on any atom is -0.323 e. The molecule has 0 saturated heterocycles. The highest BCUT2D eigenvalue weighted by Gasteiger charge is 2.28. The average molecular weight is 179 g/mol. The molecule has 1 heterocycles. The Balaban J connectivity index is 3.18. The van der Waals surface area contributed by atoms with Crippen molar-refractivity contribution in [2.45, 2.75) is 27.7 Å². The lowest BCUT2D eigenvalue weighted by Gasteiger charge is -2.11. The molecule has 1 aliphatic heterocycles. The molecule has 13 heavy (non-hydrogen) atoms. The van der Waals surface area contributed by atoms with Gasteiger partial charge in [-0.2, -0.15) is 0 Å². The topological polar surface area (TPSA) is 29.1 Å². The van der Waals surface area contributed by atoms with Gasteiger partial charge in [0.1, 0.15) is 0 Å². The first kappa shape index (κ1) is 10.0. The van der Waals surface area contributed by atoms with E-state index in [1.807, 2.05) is 13.8 Å². The summed E-state index contributed by atoms with van der Waals surface area (Å²) in [4.78, 5) is 11.5. The SMILES string of the molecule is C=C1NC(=O)C(C(C)C)=C1C(C)C. The van der Waals surface area contributed by atoms with Crippen LogP contribution >= 0.6 is 0 Å². The Morgan fingerprint density at radius 2 is 1.54 bits per heavy atom. The van der Waals surface area contributed by atoms with Crippen LogP contribution in [0, 0.1) is 11.8 Å². The fraction of sp³-hybridized carbons (Fsp3) is 0.545. The maximum Gasteiger partial charge on any atom is 0.252 e. The molecular formula is C11H17NO. The Labute approximate surface area is 79.7 Å². The lowest BCUT2D eigenvalue weighted by molar-refractivity contribution is -0.116. The highest BCUT2D eigenvalue weighted by atomic mass is 16.2. The summed E-state index contributed by atoms with van der Waals surface area (Å²) >= 11 is 0. The molecule has 0 aromatic heterocycles. The molecular weight excluding hydrogens is 162 g/mol. The van der Waals surface area contributed by atoms with Gasteiger partial charge in [0.05, 0.1) is 0 Å². The molecule has 0 fully saturated rings. The number of carbonyl (C=O) groups excluding carboxylic acids is 1. The number of amides is 1. The van der Waals surface area contributed by atoms with Gasteiger partial charge >= 0.3 is 0 Å². The van der Waals surface area contributed by atoms with Gasteiger partial charge in [0.15, 0.2) is 0 Å². The van der Waals surface area contributed by atoms with E-state index in [0.29, 0.717) is 5.92 Å². The third-order valence-corrected chi connectivity index (χ3v) is 2.28. The fourth-order valence-corrected chi connectivity index (χ4v) is 1.79. The minimum atomic E-state index is 0.0312. The van der Waals surface area contributed by atoms with Crippen LogP contribution in [0.4, 0.5) is 0 Å². The maximum absolute atomic E-state index is 11.5. The average Bonchev–Trinajstić information content (AvgIpc) is 2.24. The van der Waals surface area contributed by atoms with E-state index in [1.54, 1.807) is 0 Å². The van der Waals surface area contributed by atoms with Crippen LogP contribution in [0.1, 0.15) is 27.7 Å². The zero-order valence-corrected chi connectivity index (χ0v) is 8.77. The lowest BCUT2D eigenvalue weighted by atomic mass is 9.91. The molecule has 1 rings (SSSR count). The van der Waals surface area contributed by atoms with E-state index in [1.165, 1.54) is 0 Å². The Bertz CT molecular complexity index is 256. The lowest BCUT2D eigenvalue weighted by Crippen LogP contribution is -2.17. The second kappa shape index (κ2) is 3.36. The Kier molecular flexibility index (Phi) is 2.60. The van der Waals surface area contributed by atoms with Crippen molar-refractivity contribution in [3.8, 4) is 0 Å². The first-order valence-electron chi connectivity index (χ1n) is 4.69. The standard InChI is InChI=1S/C11H17NO/c1-6(2)9-8(5)12-11(13)10(9)7(3)4/h6-7H,5H2,1-4H3,(H,12,13). The summed E-state index contributed by atoms with van der Waals surface area (Å²) in [5.41, 5.74) is 2.78. The second-order valence-corrected chi connectivity index (χ2v) is 4.07. The normalized spacial score (nSPS) is 17.7. The van der Waals surface area contributed by atoms with Gasteiger partial charge in [0.2, 0.25) is 0 Å². The summed E-state index contributed by atoms with van der Waals surface area (Å²) in [6.07, 6.45) is 0. The third-order valence-electron chi connectivity index (χ3n) is 2.28. The Morgan fingerprint density at radius 1 is 1.08 bits per heavy atom. The number of nitrogens with one attached hydrogen (secondary N) is 1. The molecule has 1 aliphatic rings. The molecule has 0 bridgehead atoms. The van der Waals surface area contributed by atoms with E-state index < -0.39 is 0 Å². The van der Waals surface area contributed by atoms with Gasteiger partial charge in [-0.25, -0.2) is 0 Å². The molecule has 0 unspecified atom stereocenters. The first-order chi connectivity index (χ1) is 5.95. The highest BCUT2D eigenvalue weighted by molar-refractivity contribution is 6.00. The van der Waals surface area contributed by atoms with Crippen molar-refractivity contribution in [2.75, 3.05) is 0 Å². The quantitative estimate of drug-likeness (QED) is 0.692. The predicted octanol–water partition coefficient (Wildman–Crippen LogP) is 2.24. The first-order valence-corrected chi connectivity index (χ1v) is 4.69. The second-order valence-electron chi connectivity index (χ2n) is 4.07. The van der Waals surface area contributed by atoms with Crippen molar-refractivity contribution in [2.24, 2.45) is 11.8 Å². The summed E-state index contributed by atoms with van der Waals surface area (Å²) in [6.45, 7) is 12.1. The van der Waals surface area contributed by atoms with Gasteiger partial charge in [-0.1, -0.05) is 34.3 Å². The van der Waals surface area contributed by atoms with Crippen LogP contribution in [-0.4, -0.2) is 5.91 Å². The van der Waals surface area contributed by atoms with Gasteiger partial charge < -0.3 is 5.32 Å². The van der Waals surface area contributed by atoms with Crippen molar-refractivity contribution in [3.63, 3.8) is 0 Å². The molecule has 1 amide bonds.